The average molecular weight is 290 g/mol. The Morgan fingerprint density at radius 3 is 1.76 bits per heavy atom. The van der Waals surface area contributed by atoms with E-state index in [0.29, 0.717) is 23.3 Å². The van der Waals surface area contributed by atoms with Gasteiger partial charge < -0.3 is 18.9 Å². The summed E-state index contributed by atoms with van der Waals surface area (Å²) in [5.74, 6) is 3.56. The molecule has 21 heavy (non-hydrogen) atoms. The van der Waals surface area contributed by atoms with E-state index in [2.05, 4.69) is 13.0 Å². The number of methoxy groups -OCH3 is 4. The maximum atomic E-state index is 5.69. The Labute approximate surface area is 125 Å². The van der Waals surface area contributed by atoms with Crippen LogP contribution in [0.4, 0.5) is 0 Å². The van der Waals surface area contributed by atoms with E-state index in [0.717, 1.165) is 24.3 Å². The fourth-order valence-electron chi connectivity index (χ4n) is 3.88. The van der Waals surface area contributed by atoms with Gasteiger partial charge in [0.1, 0.15) is 0 Å². The second-order valence-corrected chi connectivity index (χ2v) is 5.61. The van der Waals surface area contributed by atoms with Crippen LogP contribution < -0.4 is 18.9 Å². The predicted molar refractivity (Wildman–Crippen MR) is 81.1 cm³/mol. The lowest BCUT2D eigenvalue weighted by Gasteiger charge is -2.39. The lowest BCUT2D eigenvalue weighted by atomic mass is 9.67. The first kappa shape index (κ1) is 14.1. The Kier molecular flexibility index (Phi) is 3.47. The SMILES string of the molecule is COc1c(OC)c(OC)c2c(c1OC)C1C=C(C)C2CC1. The van der Waals surface area contributed by atoms with Gasteiger partial charge in [-0.1, -0.05) is 11.6 Å². The van der Waals surface area contributed by atoms with E-state index in [1.54, 1.807) is 28.4 Å². The van der Waals surface area contributed by atoms with E-state index >= 15 is 0 Å². The summed E-state index contributed by atoms with van der Waals surface area (Å²) in [5, 5.41) is 0. The third-order valence-corrected chi connectivity index (χ3v) is 4.71. The van der Waals surface area contributed by atoms with Crippen LogP contribution in [0, 0.1) is 0 Å². The quantitative estimate of drug-likeness (QED) is 0.793. The number of benzene rings is 1. The molecule has 0 heterocycles. The summed E-state index contributed by atoms with van der Waals surface area (Å²) in [6, 6.07) is 0. The summed E-state index contributed by atoms with van der Waals surface area (Å²) in [4.78, 5) is 0. The van der Waals surface area contributed by atoms with Gasteiger partial charge in [-0.25, -0.2) is 0 Å². The summed E-state index contributed by atoms with van der Waals surface area (Å²) in [6.07, 6.45) is 4.64. The van der Waals surface area contributed by atoms with Gasteiger partial charge in [-0.15, -0.1) is 0 Å². The van der Waals surface area contributed by atoms with Crippen molar-refractivity contribution in [2.45, 2.75) is 31.6 Å². The molecule has 4 nitrogen and oxygen atoms in total. The van der Waals surface area contributed by atoms with Gasteiger partial charge in [-0.3, -0.25) is 0 Å². The Balaban J connectivity index is 2.37. The zero-order valence-electron chi connectivity index (χ0n) is 13.3. The molecule has 1 aromatic rings. The molecule has 0 aromatic heterocycles. The zero-order valence-corrected chi connectivity index (χ0v) is 13.3. The van der Waals surface area contributed by atoms with Gasteiger partial charge in [0.2, 0.25) is 11.5 Å². The Bertz CT molecular complexity index is 604. The summed E-state index contributed by atoms with van der Waals surface area (Å²) in [6.45, 7) is 2.20. The number of fused-ring (bicyclic) bond motifs is 1. The number of ether oxygens (including phenoxy) is 4. The minimum absolute atomic E-state index is 0.369. The number of allylic oxidation sites excluding steroid dienone is 2. The van der Waals surface area contributed by atoms with Gasteiger partial charge >= 0.3 is 0 Å². The lowest BCUT2D eigenvalue weighted by Crippen LogP contribution is -2.22. The van der Waals surface area contributed by atoms with Crippen LogP contribution in [0.1, 0.15) is 42.7 Å². The second-order valence-electron chi connectivity index (χ2n) is 5.61. The largest absolute Gasteiger partial charge is 0.492 e. The Hall–Kier alpha value is -1.84. The Morgan fingerprint density at radius 1 is 0.762 bits per heavy atom. The van der Waals surface area contributed by atoms with Gasteiger partial charge in [0.25, 0.3) is 0 Å². The highest BCUT2D eigenvalue weighted by Gasteiger charge is 2.40. The summed E-state index contributed by atoms with van der Waals surface area (Å²) < 4.78 is 22.5. The van der Waals surface area contributed by atoms with Crippen molar-refractivity contribution in [1.29, 1.82) is 0 Å². The van der Waals surface area contributed by atoms with Crippen molar-refractivity contribution >= 4 is 0 Å². The van der Waals surface area contributed by atoms with Crippen LogP contribution in [0.25, 0.3) is 0 Å². The van der Waals surface area contributed by atoms with E-state index in [4.69, 9.17) is 18.9 Å². The van der Waals surface area contributed by atoms with Crippen LogP contribution in [0.15, 0.2) is 11.6 Å². The van der Waals surface area contributed by atoms with E-state index in [1.807, 2.05) is 0 Å². The molecule has 0 spiro atoms. The molecule has 0 N–H and O–H groups in total. The van der Waals surface area contributed by atoms with Crippen LogP contribution in [0.2, 0.25) is 0 Å². The number of hydrogen-bond donors (Lipinski definition) is 0. The van der Waals surface area contributed by atoms with Crippen molar-refractivity contribution in [3.63, 3.8) is 0 Å². The first-order valence-electron chi connectivity index (χ1n) is 7.25. The molecule has 2 bridgehead atoms. The van der Waals surface area contributed by atoms with Crippen LogP contribution in [-0.4, -0.2) is 28.4 Å². The minimum Gasteiger partial charge on any atom is -0.492 e. The fraction of sp³-hybridized carbons (Fsp3) is 0.529. The summed E-state index contributed by atoms with van der Waals surface area (Å²) in [7, 11) is 6.64. The van der Waals surface area contributed by atoms with Crippen LogP contribution in [0.3, 0.4) is 0 Å². The van der Waals surface area contributed by atoms with Gasteiger partial charge in [-0.05, 0) is 19.8 Å². The molecule has 1 aromatic carbocycles. The molecule has 114 valence electrons. The highest BCUT2D eigenvalue weighted by Crippen LogP contribution is 2.60. The van der Waals surface area contributed by atoms with Crippen LogP contribution >= 0.6 is 0 Å². The van der Waals surface area contributed by atoms with E-state index < -0.39 is 0 Å². The van der Waals surface area contributed by atoms with E-state index in [-0.39, 0.29) is 0 Å². The predicted octanol–water partition coefficient (Wildman–Crippen LogP) is 3.64. The van der Waals surface area contributed by atoms with Crippen molar-refractivity contribution in [3.8, 4) is 23.0 Å². The number of rotatable bonds is 4. The van der Waals surface area contributed by atoms with Crippen LogP contribution in [0.5, 0.6) is 23.0 Å². The smallest absolute Gasteiger partial charge is 0.207 e. The summed E-state index contributed by atoms with van der Waals surface area (Å²) >= 11 is 0. The Morgan fingerprint density at radius 2 is 1.29 bits per heavy atom. The molecule has 0 saturated carbocycles. The van der Waals surface area contributed by atoms with Crippen molar-refractivity contribution in [2.75, 3.05) is 28.4 Å². The molecule has 4 heteroatoms. The number of hydrogen-bond acceptors (Lipinski definition) is 4. The zero-order chi connectivity index (χ0) is 15.1. The molecule has 0 saturated heterocycles. The molecular weight excluding hydrogens is 268 g/mol. The van der Waals surface area contributed by atoms with E-state index in [1.165, 1.54) is 16.7 Å². The molecule has 3 aliphatic carbocycles. The molecule has 4 rings (SSSR count). The minimum atomic E-state index is 0.369. The van der Waals surface area contributed by atoms with Crippen molar-refractivity contribution < 1.29 is 18.9 Å². The normalized spacial score (nSPS) is 22.4. The molecule has 0 radical (unpaired) electrons. The lowest BCUT2D eigenvalue weighted by molar-refractivity contribution is 0.295. The molecule has 0 fully saturated rings. The first-order valence-corrected chi connectivity index (χ1v) is 7.25. The van der Waals surface area contributed by atoms with Crippen molar-refractivity contribution in [2.24, 2.45) is 0 Å². The van der Waals surface area contributed by atoms with Gasteiger partial charge in [0.05, 0.1) is 28.4 Å². The monoisotopic (exact) mass is 290 g/mol. The molecule has 2 atom stereocenters. The van der Waals surface area contributed by atoms with Gasteiger partial charge in [0, 0.05) is 23.0 Å². The third kappa shape index (κ3) is 1.81. The van der Waals surface area contributed by atoms with Crippen molar-refractivity contribution in [1.82, 2.24) is 0 Å². The average Bonchev–Trinajstić information content (AvgIpc) is 2.52. The van der Waals surface area contributed by atoms with Crippen LogP contribution in [-0.2, 0) is 0 Å². The molecule has 2 unspecified atom stereocenters. The summed E-state index contributed by atoms with van der Waals surface area (Å²) in [5.41, 5.74) is 3.82. The third-order valence-electron chi connectivity index (χ3n) is 4.71. The maximum absolute atomic E-state index is 5.69. The highest BCUT2D eigenvalue weighted by atomic mass is 16.5. The second kappa shape index (κ2) is 5.17. The van der Waals surface area contributed by atoms with Gasteiger partial charge in [-0.2, -0.15) is 0 Å². The molecule has 3 aliphatic rings. The molecular formula is C17H22O4. The molecule has 0 aliphatic heterocycles. The fourth-order valence-corrected chi connectivity index (χ4v) is 3.88. The highest BCUT2D eigenvalue weighted by molar-refractivity contribution is 5.72. The maximum Gasteiger partial charge on any atom is 0.207 e. The first-order chi connectivity index (χ1) is 10.2. The topological polar surface area (TPSA) is 36.9 Å². The van der Waals surface area contributed by atoms with Gasteiger partial charge in [0.15, 0.2) is 11.5 Å². The molecule has 0 amide bonds. The standard InChI is InChI=1S/C17H22O4/c1-9-8-10-6-7-11(9)13-12(10)14(18-2)16(20-4)17(21-5)15(13)19-3/h8,10-11H,6-7H2,1-5H3. The van der Waals surface area contributed by atoms with Crippen molar-refractivity contribution in [3.05, 3.63) is 22.8 Å². The van der Waals surface area contributed by atoms with E-state index in [9.17, 15) is 0 Å².